The second-order valence-corrected chi connectivity index (χ2v) is 6.39. The van der Waals surface area contributed by atoms with E-state index in [0.29, 0.717) is 24.6 Å². The molecule has 1 atom stereocenters. The summed E-state index contributed by atoms with van der Waals surface area (Å²) in [4.78, 5) is 16.9. The number of ether oxygens (including phenoxy) is 2. The van der Waals surface area contributed by atoms with Crippen molar-refractivity contribution in [3.05, 3.63) is 17.8 Å². The third kappa shape index (κ3) is 6.11. The Morgan fingerprint density at radius 2 is 1.96 bits per heavy atom. The molecule has 24 heavy (non-hydrogen) atoms. The molecule has 1 amide bonds. The lowest BCUT2D eigenvalue weighted by Gasteiger charge is -2.27. The third-order valence-electron chi connectivity index (χ3n) is 4.21. The number of carbonyl (C=O) groups is 1. The highest BCUT2D eigenvalue weighted by molar-refractivity contribution is 5.97. The van der Waals surface area contributed by atoms with Gasteiger partial charge in [0.05, 0.1) is 18.5 Å². The molecule has 5 nitrogen and oxygen atoms in total. The molecule has 1 heterocycles. The van der Waals surface area contributed by atoms with Gasteiger partial charge in [-0.3, -0.25) is 4.79 Å². The van der Waals surface area contributed by atoms with Gasteiger partial charge in [-0.1, -0.05) is 39.5 Å². The van der Waals surface area contributed by atoms with Crippen molar-refractivity contribution >= 4 is 11.6 Å². The number of unbranched alkanes of at least 4 members (excludes halogenated alkanes) is 3. The van der Waals surface area contributed by atoms with Gasteiger partial charge in [0.1, 0.15) is 5.60 Å². The van der Waals surface area contributed by atoms with Gasteiger partial charge in [0, 0.05) is 12.7 Å². The number of aryl methyl sites for hydroxylation is 1. The summed E-state index contributed by atoms with van der Waals surface area (Å²) in [6.45, 7) is 8.69. The smallest absolute Gasteiger partial charge is 0.256 e. The molecular formula is C19H32N2O3. The predicted molar refractivity (Wildman–Crippen MR) is 97.6 cm³/mol. The number of hydrogen-bond acceptors (Lipinski definition) is 4. The summed E-state index contributed by atoms with van der Waals surface area (Å²) in [6, 6.07) is 1.88. The van der Waals surface area contributed by atoms with E-state index in [4.69, 9.17) is 9.47 Å². The van der Waals surface area contributed by atoms with Crippen molar-refractivity contribution in [3.8, 4) is 5.88 Å². The van der Waals surface area contributed by atoms with Crippen molar-refractivity contribution in [1.29, 1.82) is 0 Å². The second kappa shape index (κ2) is 10.3. The van der Waals surface area contributed by atoms with Crippen LogP contribution >= 0.6 is 0 Å². The number of nitrogens with zero attached hydrogens (tertiary/aromatic N) is 1. The number of carbonyl (C=O) groups excluding carboxylic acids is 1. The van der Waals surface area contributed by atoms with Crippen LogP contribution in [0, 0.1) is 6.92 Å². The number of hydrogen-bond donors (Lipinski definition) is 1. The normalized spacial score (nSPS) is 13.4. The summed E-state index contributed by atoms with van der Waals surface area (Å²) in [7, 11) is 1.58. The minimum absolute atomic E-state index is 0.137. The van der Waals surface area contributed by atoms with E-state index in [0.717, 1.165) is 37.7 Å². The molecule has 0 aliphatic heterocycles. The number of pyridine rings is 1. The zero-order valence-corrected chi connectivity index (χ0v) is 15.8. The van der Waals surface area contributed by atoms with Gasteiger partial charge in [0.25, 0.3) is 5.91 Å². The van der Waals surface area contributed by atoms with Crippen LogP contribution < -0.4 is 10.1 Å². The highest BCUT2D eigenvalue weighted by Crippen LogP contribution is 2.23. The maximum atomic E-state index is 12.6. The van der Waals surface area contributed by atoms with Crippen LogP contribution in [-0.4, -0.2) is 30.2 Å². The molecule has 0 saturated heterocycles. The molecule has 1 aromatic rings. The molecule has 0 saturated carbocycles. The number of amides is 1. The van der Waals surface area contributed by atoms with Crippen LogP contribution in [0.4, 0.5) is 5.69 Å². The number of rotatable bonds is 11. The largest absolute Gasteiger partial charge is 0.477 e. The van der Waals surface area contributed by atoms with Crippen LogP contribution in [-0.2, 0) is 9.53 Å². The third-order valence-corrected chi connectivity index (χ3v) is 4.21. The maximum absolute atomic E-state index is 12.6. The Labute approximate surface area is 146 Å². The first-order valence-electron chi connectivity index (χ1n) is 8.92. The fourth-order valence-corrected chi connectivity index (χ4v) is 2.38. The van der Waals surface area contributed by atoms with Crippen LogP contribution in [0.5, 0.6) is 5.88 Å². The van der Waals surface area contributed by atoms with Crippen molar-refractivity contribution in [3.63, 3.8) is 0 Å². The maximum Gasteiger partial charge on any atom is 0.256 e. The molecule has 0 spiro atoms. The molecule has 0 bridgehead atoms. The van der Waals surface area contributed by atoms with Gasteiger partial charge < -0.3 is 14.8 Å². The molecule has 0 aliphatic rings. The number of aromatic nitrogens is 1. The molecule has 0 radical (unpaired) electrons. The highest BCUT2D eigenvalue weighted by atomic mass is 16.5. The van der Waals surface area contributed by atoms with E-state index in [9.17, 15) is 4.79 Å². The van der Waals surface area contributed by atoms with Crippen LogP contribution in [0.25, 0.3) is 0 Å². The summed E-state index contributed by atoms with van der Waals surface area (Å²) in [5.41, 5.74) is 0.757. The van der Waals surface area contributed by atoms with Gasteiger partial charge in [-0.05, 0) is 32.8 Å². The van der Waals surface area contributed by atoms with Crippen LogP contribution in [0.15, 0.2) is 12.3 Å². The summed E-state index contributed by atoms with van der Waals surface area (Å²) in [6.07, 6.45) is 7.60. The minimum atomic E-state index is -0.820. The average Bonchev–Trinajstić information content (AvgIpc) is 2.57. The van der Waals surface area contributed by atoms with Crippen LogP contribution in [0.1, 0.15) is 64.9 Å². The lowest BCUT2D eigenvalue weighted by atomic mass is 9.97. The number of nitrogens with one attached hydrogen (secondary N) is 1. The zero-order valence-electron chi connectivity index (χ0n) is 15.8. The minimum Gasteiger partial charge on any atom is -0.477 e. The summed E-state index contributed by atoms with van der Waals surface area (Å²) in [5.74, 6) is 0.487. The highest BCUT2D eigenvalue weighted by Gasteiger charge is 2.32. The Balaban J connectivity index is 2.69. The zero-order chi connectivity index (χ0) is 18.0. The van der Waals surface area contributed by atoms with Gasteiger partial charge in [-0.25, -0.2) is 4.98 Å². The first-order valence-corrected chi connectivity index (χ1v) is 8.92. The Kier molecular flexibility index (Phi) is 8.76. The molecular weight excluding hydrogens is 304 g/mol. The van der Waals surface area contributed by atoms with E-state index in [1.807, 2.05) is 19.9 Å². The SMILES string of the molecule is CCCCC[C@](C)(OC)C(=O)Nc1cnc(OCCCC)c(C)c1. The number of anilines is 1. The van der Waals surface area contributed by atoms with Crippen LogP contribution in [0.3, 0.4) is 0 Å². The molecule has 136 valence electrons. The molecule has 1 rings (SSSR count). The fourth-order valence-electron chi connectivity index (χ4n) is 2.38. The van der Waals surface area contributed by atoms with Gasteiger partial charge in [0.15, 0.2) is 0 Å². The molecule has 5 heteroatoms. The van der Waals surface area contributed by atoms with E-state index >= 15 is 0 Å². The topological polar surface area (TPSA) is 60.5 Å². The van der Waals surface area contributed by atoms with Gasteiger partial charge in [-0.2, -0.15) is 0 Å². The van der Waals surface area contributed by atoms with Crippen molar-refractivity contribution in [2.24, 2.45) is 0 Å². The van der Waals surface area contributed by atoms with Gasteiger partial charge in [-0.15, -0.1) is 0 Å². The van der Waals surface area contributed by atoms with Crippen molar-refractivity contribution in [2.45, 2.75) is 71.8 Å². The molecule has 0 aliphatic carbocycles. The van der Waals surface area contributed by atoms with E-state index in [1.165, 1.54) is 0 Å². The molecule has 0 aromatic carbocycles. The summed E-state index contributed by atoms with van der Waals surface area (Å²) in [5, 5.41) is 2.91. The Morgan fingerprint density at radius 3 is 2.54 bits per heavy atom. The molecule has 1 aromatic heterocycles. The Hall–Kier alpha value is -1.62. The van der Waals surface area contributed by atoms with Crippen molar-refractivity contribution in [2.75, 3.05) is 19.0 Å². The number of methoxy groups -OCH3 is 1. The Morgan fingerprint density at radius 1 is 1.25 bits per heavy atom. The summed E-state index contributed by atoms with van der Waals surface area (Å²) < 4.78 is 11.1. The van der Waals surface area contributed by atoms with E-state index in [-0.39, 0.29) is 5.91 Å². The second-order valence-electron chi connectivity index (χ2n) is 6.39. The first kappa shape index (κ1) is 20.4. The van der Waals surface area contributed by atoms with Crippen LogP contribution in [0.2, 0.25) is 0 Å². The van der Waals surface area contributed by atoms with Gasteiger partial charge >= 0.3 is 0 Å². The standard InChI is InChI=1S/C19H32N2O3/c1-6-8-10-11-19(4,23-5)18(22)21-16-13-15(3)17(20-14-16)24-12-9-7-2/h13-14H,6-12H2,1-5H3,(H,21,22)/t19-/m0/s1. The molecule has 0 unspecified atom stereocenters. The van der Waals surface area contributed by atoms with Gasteiger partial charge in [0.2, 0.25) is 5.88 Å². The monoisotopic (exact) mass is 336 g/mol. The quantitative estimate of drug-likeness (QED) is 0.605. The van der Waals surface area contributed by atoms with Crippen molar-refractivity contribution in [1.82, 2.24) is 4.98 Å². The fraction of sp³-hybridized carbons (Fsp3) is 0.684. The van der Waals surface area contributed by atoms with E-state index in [2.05, 4.69) is 24.1 Å². The first-order chi connectivity index (χ1) is 11.5. The lowest BCUT2D eigenvalue weighted by Crippen LogP contribution is -2.42. The average molecular weight is 336 g/mol. The summed E-state index contributed by atoms with van der Waals surface area (Å²) >= 11 is 0. The van der Waals surface area contributed by atoms with E-state index in [1.54, 1.807) is 13.3 Å². The Bertz CT molecular complexity index is 519. The molecule has 0 fully saturated rings. The van der Waals surface area contributed by atoms with Crippen molar-refractivity contribution < 1.29 is 14.3 Å². The lowest BCUT2D eigenvalue weighted by molar-refractivity contribution is -0.136. The van der Waals surface area contributed by atoms with E-state index < -0.39 is 5.60 Å². The molecule has 1 N–H and O–H groups in total. The predicted octanol–water partition coefficient (Wildman–Crippen LogP) is 4.49.